The average Bonchev–Trinajstić information content (AvgIpc) is 3.12. The molecule has 7 nitrogen and oxygen atoms in total. The predicted molar refractivity (Wildman–Crippen MR) is 138 cm³/mol. The highest BCUT2D eigenvalue weighted by atomic mass is 19.4. The Morgan fingerprint density at radius 2 is 1.62 bits per heavy atom. The molecule has 224 valence electrons. The number of hydrogen-bond donors (Lipinski definition) is 2. The summed E-state index contributed by atoms with van der Waals surface area (Å²) in [7, 11) is 0. The van der Waals surface area contributed by atoms with Crippen molar-refractivity contribution in [3.05, 3.63) is 88.7 Å². The van der Waals surface area contributed by atoms with E-state index in [1.165, 1.54) is 18.3 Å². The van der Waals surface area contributed by atoms with Crippen molar-refractivity contribution in [2.45, 2.75) is 63.7 Å². The molecule has 42 heavy (non-hydrogen) atoms. The van der Waals surface area contributed by atoms with Gasteiger partial charge < -0.3 is 15.2 Å². The van der Waals surface area contributed by atoms with Gasteiger partial charge in [0.05, 0.1) is 12.2 Å². The Hall–Kier alpha value is -4.13. The third kappa shape index (κ3) is 5.52. The molecule has 1 atom stereocenters. The van der Waals surface area contributed by atoms with Crippen LogP contribution in [0, 0.1) is 6.92 Å². The minimum Gasteiger partial charge on any atom is -0.457 e. The molecule has 2 aromatic carbocycles. The average molecular weight is 596 g/mol. The van der Waals surface area contributed by atoms with Crippen LogP contribution in [-0.2, 0) is 28.9 Å². The lowest BCUT2D eigenvalue weighted by atomic mass is 9.90. The number of carbonyl (C=O) groups is 2. The molecule has 1 fully saturated rings. The van der Waals surface area contributed by atoms with Crippen molar-refractivity contribution in [2.24, 2.45) is 0 Å². The number of carbonyl (C=O) groups excluding carboxylic acids is 2. The van der Waals surface area contributed by atoms with Gasteiger partial charge in [-0.1, -0.05) is 49.2 Å². The van der Waals surface area contributed by atoms with E-state index in [1.54, 1.807) is 26.0 Å². The molecule has 2 heterocycles. The Morgan fingerprint density at radius 1 is 0.976 bits per heavy atom. The Morgan fingerprint density at radius 3 is 2.21 bits per heavy atom. The Balaban J connectivity index is 1.59. The van der Waals surface area contributed by atoms with Gasteiger partial charge in [0.25, 0.3) is 11.5 Å². The molecule has 1 saturated heterocycles. The van der Waals surface area contributed by atoms with Gasteiger partial charge in [0.1, 0.15) is 17.0 Å². The molecule has 2 N–H and O–H groups in total. The molecule has 0 saturated carbocycles. The van der Waals surface area contributed by atoms with Crippen molar-refractivity contribution in [3.63, 3.8) is 0 Å². The second kappa shape index (κ2) is 10.9. The monoisotopic (exact) mass is 595 g/mol. The van der Waals surface area contributed by atoms with Crippen molar-refractivity contribution < 1.29 is 45.8 Å². The van der Waals surface area contributed by atoms with Crippen LogP contribution in [0.15, 0.2) is 60.8 Å². The summed E-state index contributed by atoms with van der Waals surface area (Å²) in [6.07, 6.45) is -10.3. The molecule has 4 rings (SSSR count). The number of benzene rings is 2. The maximum absolute atomic E-state index is 13.4. The van der Waals surface area contributed by atoms with Crippen LogP contribution in [0.1, 0.15) is 48.2 Å². The summed E-state index contributed by atoms with van der Waals surface area (Å²) < 4.78 is 86.3. The number of urea groups is 1. The number of aliphatic hydroxyl groups is 1. The second-order valence-corrected chi connectivity index (χ2v) is 10.2. The molecule has 1 aliphatic rings. The molecule has 0 radical (unpaired) electrons. The standard InChI is InChI=1S/C29H27F6N3O4/c1-4-5-18-14-20(27(41,28(30,31)32)29(33,34)35)10-11-23(18)42-22-12-13-36-21(15-22)16-38-24(39)26(3,37-25(38)40)19-8-6-17(2)7-9-19/h6-15,41H,4-5,16H2,1-3H3,(H,37,40). The zero-order chi connectivity index (χ0) is 31.1. The molecule has 3 amide bonds. The number of alkyl halides is 6. The van der Waals surface area contributed by atoms with Gasteiger partial charge in [-0.15, -0.1) is 0 Å². The largest absolute Gasteiger partial charge is 0.457 e. The summed E-state index contributed by atoms with van der Waals surface area (Å²) in [4.78, 5) is 31.2. The molecule has 0 spiro atoms. The topological polar surface area (TPSA) is 91.8 Å². The lowest BCUT2D eigenvalue weighted by Crippen LogP contribution is -2.53. The van der Waals surface area contributed by atoms with E-state index in [9.17, 15) is 41.0 Å². The molecule has 1 aliphatic heterocycles. The number of aryl methyl sites for hydroxylation is 2. The number of halogens is 6. The Kier molecular flexibility index (Phi) is 8.02. The first-order valence-corrected chi connectivity index (χ1v) is 12.8. The number of imide groups is 1. The number of ether oxygens (including phenoxy) is 1. The first kappa shape index (κ1) is 30.8. The summed E-state index contributed by atoms with van der Waals surface area (Å²) in [6, 6.07) is 11.3. The number of nitrogens with zero attached hydrogens (tertiary/aromatic N) is 2. The van der Waals surface area contributed by atoms with Gasteiger partial charge in [-0.3, -0.25) is 14.7 Å². The van der Waals surface area contributed by atoms with Crippen LogP contribution in [0.4, 0.5) is 31.1 Å². The molecule has 13 heteroatoms. The quantitative estimate of drug-likeness (QED) is 0.232. The minimum absolute atomic E-state index is 0.00301. The SMILES string of the molecule is CCCc1cc(C(O)(C(F)(F)F)C(F)(F)F)ccc1Oc1ccnc(CN2C(=O)NC(C)(c3ccc(C)cc3)C2=O)c1. The zero-order valence-electron chi connectivity index (χ0n) is 22.7. The van der Waals surface area contributed by atoms with E-state index in [1.807, 2.05) is 19.1 Å². The summed E-state index contributed by atoms with van der Waals surface area (Å²) >= 11 is 0. The molecular formula is C29H27F6N3O4. The second-order valence-electron chi connectivity index (χ2n) is 10.2. The third-order valence-electron chi connectivity index (χ3n) is 7.06. The number of hydrogen-bond acceptors (Lipinski definition) is 5. The summed E-state index contributed by atoms with van der Waals surface area (Å²) in [6.45, 7) is 4.92. The highest BCUT2D eigenvalue weighted by molar-refractivity contribution is 6.07. The van der Waals surface area contributed by atoms with Crippen LogP contribution in [0.2, 0.25) is 0 Å². The van der Waals surface area contributed by atoms with Crippen molar-refractivity contribution in [2.75, 3.05) is 0 Å². The predicted octanol–water partition coefficient (Wildman–Crippen LogP) is 6.41. The van der Waals surface area contributed by atoms with Gasteiger partial charge in [0.15, 0.2) is 0 Å². The lowest BCUT2D eigenvalue weighted by Gasteiger charge is -2.33. The van der Waals surface area contributed by atoms with E-state index in [0.29, 0.717) is 24.1 Å². The normalized spacial score (nSPS) is 17.9. The number of pyridine rings is 1. The zero-order valence-corrected chi connectivity index (χ0v) is 22.7. The van der Waals surface area contributed by atoms with E-state index < -0.39 is 41.0 Å². The number of amides is 3. The van der Waals surface area contributed by atoms with Crippen LogP contribution < -0.4 is 10.1 Å². The highest BCUT2D eigenvalue weighted by Gasteiger charge is 2.71. The van der Waals surface area contributed by atoms with E-state index in [4.69, 9.17) is 4.74 Å². The summed E-state index contributed by atoms with van der Waals surface area (Å²) in [5, 5.41) is 12.5. The summed E-state index contributed by atoms with van der Waals surface area (Å²) in [5.74, 6) is -0.432. The molecule has 1 unspecified atom stereocenters. The van der Waals surface area contributed by atoms with Crippen LogP contribution >= 0.6 is 0 Å². The smallest absolute Gasteiger partial charge is 0.430 e. The maximum atomic E-state index is 13.4. The fourth-order valence-electron chi connectivity index (χ4n) is 4.67. The van der Waals surface area contributed by atoms with Crippen LogP contribution in [0.5, 0.6) is 11.5 Å². The van der Waals surface area contributed by atoms with Crippen LogP contribution in [0.3, 0.4) is 0 Å². The fourth-order valence-corrected chi connectivity index (χ4v) is 4.67. The van der Waals surface area contributed by atoms with E-state index >= 15 is 0 Å². The van der Waals surface area contributed by atoms with Crippen LogP contribution in [0.25, 0.3) is 0 Å². The molecular weight excluding hydrogens is 568 g/mol. The van der Waals surface area contributed by atoms with Gasteiger partial charge in [-0.2, -0.15) is 26.3 Å². The van der Waals surface area contributed by atoms with Gasteiger partial charge in [-0.05, 0) is 49.6 Å². The van der Waals surface area contributed by atoms with Crippen molar-refractivity contribution in [3.8, 4) is 11.5 Å². The number of nitrogens with one attached hydrogen (secondary N) is 1. The lowest BCUT2D eigenvalue weighted by molar-refractivity contribution is -0.376. The first-order chi connectivity index (χ1) is 19.5. The number of rotatable bonds is 8. The van der Waals surface area contributed by atoms with E-state index in [2.05, 4.69) is 10.3 Å². The van der Waals surface area contributed by atoms with Gasteiger partial charge in [0.2, 0.25) is 0 Å². The van der Waals surface area contributed by atoms with E-state index in [0.717, 1.165) is 16.5 Å². The van der Waals surface area contributed by atoms with Crippen molar-refractivity contribution in [1.82, 2.24) is 15.2 Å². The van der Waals surface area contributed by atoms with Crippen LogP contribution in [-0.4, -0.2) is 39.3 Å². The highest BCUT2D eigenvalue weighted by Crippen LogP contribution is 2.50. The minimum atomic E-state index is -6.02. The first-order valence-electron chi connectivity index (χ1n) is 12.8. The van der Waals surface area contributed by atoms with Gasteiger partial charge >= 0.3 is 18.4 Å². The summed E-state index contributed by atoms with van der Waals surface area (Å²) in [5.41, 5.74) is -5.95. The van der Waals surface area contributed by atoms with E-state index in [-0.39, 0.29) is 35.7 Å². The molecule has 0 aliphatic carbocycles. The van der Waals surface area contributed by atoms with Crippen molar-refractivity contribution in [1.29, 1.82) is 0 Å². The Bertz CT molecular complexity index is 1480. The van der Waals surface area contributed by atoms with Crippen molar-refractivity contribution >= 4 is 11.9 Å². The molecule has 1 aromatic heterocycles. The van der Waals surface area contributed by atoms with Gasteiger partial charge in [-0.25, -0.2) is 4.79 Å². The molecule has 0 bridgehead atoms. The fraction of sp³-hybridized carbons (Fsp3) is 0.345. The van der Waals surface area contributed by atoms with Gasteiger partial charge in [0, 0.05) is 17.8 Å². The molecule has 3 aromatic rings. The maximum Gasteiger partial charge on any atom is 0.430 e. The number of aromatic nitrogens is 1. The Labute approximate surface area is 237 Å². The third-order valence-corrected chi connectivity index (χ3v) is 7.06.